The van der Waals surface area contributed by atoms with Gasteiger partial charge < -0.3 is 10.0 Å². The zero-order valence-corrected chi connectivity index (χ0v) is 12.1. The SMILES string of the molecule is CN(Cc1ccccc1Br)C(=O)c1ccccc1O. The Bertz CT molecular complexity index is 598. The van der Waals surface area contributed by atoms with E-state index >= 15 is 0 Å². The van der Waals surface area contributed by atoms with Gasteiger partial charge in [-0.05, 0) is 23.8 Å². The number of aromatic hydroxyl groups is 1. The molecule has 0 saturated heterocycles. The lowest BCUT2D eigenvalue weighted by Crippen LogP contribution is -2.26. The zero-order valence-electron chi connectivity index (χ0n) is 10.5. The molecule has 0 aliphatic carbocycles. The van der Waals surface area contributed by atoms with E-state index in [1.807, 2.05) is 24.3 Å². The topological polar surface area (TPSA) is 40.5 Å². The molecule has 98 valence electrons. The Morgan fingerprint density at radius 2 is 1.79 bits per heavy atom. The number of nitrogens with zero attached hydrogens (tertiary/aromatic N) is 1. The first kappa shape index (κ1) is 13.6. The molecule has 0 bridgehead atoms. The first-order valence-corrected chi connectivity index (χ1v) is 6.66. The number of benzene rings is 2. The average molecular weight is 320 g/mol. The summed E-state index contributed by atoms with van der Waals surface area (Å²) >= 11 is 3.46. The lowest BCUT2D eigenvalue weighted by Gasteiger charge is -2.18. The summed E-state index contributed by atoms with van der Waals surface area (Å²) in [6.07, 6.45) is 0. The van der Waals surface area contributed by atoms with E-state index in [-0.39, 0.29) is 11.7 Å². The van der Waals surface area contributed by atoms with Crippen LogP contribution in [0.25, 0.3) is 0 Å². The molecule has 1 N–H and O–H groups in total. The molecule has 0 atom stereocenters. The molecule has 2 aromatic carbocycles. The fourth-order valence-electron chi connectivity index (χ4n) is 1.81. The fraction of sp³-hybridized carbons (Fsp3) is 0.133. The van der Waals surface area contributed by atoms with Gasteiger partial charge in [-0.3, -0.25) is 4.79 Å². The van der Waals surface area contributed by atoms with Gasteiger partial charge in [-0.1, -0.05) is 46.3 Å². The monoisotopic (exact) mass is 319 g/mol. The van der Waals surface area contributed by atoms with Gasteiger partial charge in [-0.25, -0.2) is 0 Å². The van der Waals surface area contributed by atoms with Crippen LogP contribution in [-0.4, -0.2) is 23.0 Å². The van der Waals surface area contributed by atoms with Crippen molar-refractivity contribution in [2.75, 3.05) is 7.05 Å². The van der Waals surface area contributed by atoms with Crippen LogP contribution in [0.3, 0.4) is 0 Å². The van der Waals surface area contributed by atoms with E-state index in [0.717, 1.165) is 10.0 Å². The highest BCUT2D eigenvalue weighted by Gasteiger charge is 2.15. The first-order valence-electron chi connectivity index (χ1n) is 5.86. The fourth-order valence-corrected chi connectivity index (χ4v) is 2.22. The van der Waals surface area contributed by atoms with Crippen molar-refractivity contribution in [3.8, 4) is 5.75 Å². The van der Waals surface area contributed by atoms with Gasteiger partial charge in [0.05, 0.1) is 5.56 Å². The zero-order chi connectivity index (χ0) is 13.8. The van der Waals surface area contributed by atoms with Crippen LogP contribution in [0.1, 0.15) is 15.9 Å². The number of rotatable bonds is 3. The van der Waals surface area contributed by atoms with Crippen LogP contribution >= 0.6 is 15.9 Å². The molecule has 0 aromatic heterocycles. The summed E-state index contributed by atoms with van der Waals surface area (Å²) in [5.41, 5.74) is 1.34. The Morgan fingerprint density at radius 1 is 1.16 bits per heavy atom. The molecule has 0 aliphatic heterocycles. The highest BCUT2D eigenvalue weighted by Crippen LogP contribution is 2.21. The van der Waals surface area contributed by atoms with Crippen molar-refractivity contribution in [1.29, 1.82) is 0 Å². The Hall–Kier alpha value is -1.81. The van der Waals surface area contributed by atoms with Gasteiger partial charge >= 0.3 is 0 Å². The molecule has 2 rings (SSSR count). The second kappa shape index (κ2) is 5.89. The minimum absolute atomic E-state index is 0.00600. The molecule has 0 fully saturated rings. The van der Waals surface area contributed by atoms with E-state index in [4.69, 9.17) is 0 Å². The van der Waals surface area contributed by atoms with Crippen molar-refractivity contribution in [3.63, 3.8) is 0 Å². The molecule has 19 heavy (non-hydrogen) atoms. The van der Waals surface area contributed by atoms with Crippen molar-refractivity contribution < 1.29 is 9.90 Å². The quantitative estimate of drug-likeness (QED) is 0.941. The maximum absolute atomic E-state index is 12.2. The molecule has 0 saturated carbocycles. The third-order valence-corrected chi connectivity index (χ3v) is 3.62. The molecule has 1 amide bonds. The largest absolute Gasteiger partial charge is 0.507 e. The number of hydrogen-bond donors (Lipinski definition) is 1. The Balaban J connectivity index is 2.17. The van der Waals surface area contributed by atoms with Crippen molar-refractivity contribution in [2.24, 2.45) is 0 Å². The van der Waals surface area contributed by atoms with Gasteiger partial charge in [0.2, 0.25) is 0 Å². The molecule has 3 nitrogen and oxygen atoms in total. The van der Waals surface area contributed by atoms with Crippen molar-refractivity contribution in [2.45, 2.75) is 6.54 Å². The van der Waals surface area contributed by atoms with Crippen molar-refractivity contribution in [1.82, 2.24) is 4.90 Å². The minimum atomic E-state index is -0.200. The standard InChI is InChI=1S/C15H14BrNO2/c1-17(10-11-6-2-4-8-13(11)16)15(19)12-7-3-5-9-14(12)18/h2-9,18H,10H2,1H3. The predicted molar refractivity (Wildman–Crippen MR) is 78.0 cm³/mol. The summed E-state index contributed by atoms with van der Waals surface area (Å²) in [5.74, 6) is -0.194. The van der Waals surface area contributed by atoms with Crippen LogP contribution in [-0.2, 0) is 6.54 Å². The molecule has 0 heterocycles. The van der Waals surface area contributed by atoms with Crippen LogP contribution in [0.4, 0.5) is 0 Å². The number of para-hydroxylation sites is 1. The summed E-state index contributed by atoms with van der Waals surface area (Å²) in [7, 11) is 1.72. The molecule has 0 unspecified atom stereocenters. The number of phenols is 1. The van der Waals surface area contributed by atoms with Crippen LogP contribution in [0.15, 0.2) is 53.0 Å². The van der Waals surface area contributed by atoms with Crippen LogP contribution in [0, 0.1) is 0 Å². The summed E-state index contributed by atoms with van der Waals surface area (Å²) < 4.78 is 0.965. The molecular formula is C15H14BrNO2. The normalized spacial score (nSPS) is 10.2. The Morgan fingerprint density at radius 3 is 2.47 bits per heavy atom. The van der Waals surface area contributed by atoms with Crippen molar-refractivity contribution >= 4 is 21.8 Å². The minimum Gasteiger partial charge on any atom is -0.507 e. The number of amides is 1. The highest BCUT2D eigenvalue weighted by molar-refractivity contribution is 9.10. The lowest BCUT2D eigenvalue weighted by molar-refractivity contribution is 0.0782. The lowest BCUT2D eigenvalue weighted by atomic mass is 10.1. The van der Waals surface area contributed by atoms with Gasteiger partial charge in [0.15, 0.2) is 0 Å². The Labute approximate surface area is 120 Å². The Kier molecular flexibility index (Phi) is 4.22. The van der Waals surface area contributed by atoms with E-state index in [0.29, 0.717) is 12.1 Å². The first-order chi connectivity index (χ1) is 9.09. The maximum atomic E-state index is 12.2. The van der Waals surface area contributed by atoms with Crippen molar-refractivity contribution in [3.05, 3.63) is 64.1 Å². The smallest absolute Gasteiger partial charge is 0.257 e. The average Bonchev–Trinajstić information content (AvgIpc) is 2.41. The molecule has 2 aromatic rings. The van der Waals surface area contributed by atoms with Gasteiger partial charge in [-0.15, -0.1) is 0 Å². The van der Waals surface area contributed by atoms with E-state index in [9.17, 15) is 9.90 Å². The highest BCUT2D eigenvalue weighted by atomic mass is 79.9. The number of carbonyl (C=O) groups is 1. The van der Waals surface area contributed by atoms with Crippen LogP contribution < -0.4 is 0 Å². The molecule has 0 aliphatic rings. The van der Waals surface area contributed by atoms with Crippen LogP contribution in [0.5, 0.6) is 5.75 Å². The predicted octanol–water partition coefficient (Wildman–Crippen LogP) is 3.43. The van der Waals surface area contributed by atoms with Gasteiger partial charge in [0.1, 0.15) is 5.75 Å². The number of carbonyl (C=O) groups excluding carboxylic acids is 1. The van der Waals surface area contributed by atoms with Crippen LogP contribution in [0.2, 0.25) is 0 Å². The summed E-state index contributed by atoms with van der Waals surface area (Å²) in [6.45, 7) is 0.481. The second-order valence-corrected chi connectivity index (χ2v) is 5.12. The van der Waals surface area contributed by atoms with Gasteiger partial charge in [0.25, 0.3) is 5.91 Å². The molecule has 4 heteroatoms. The molecule has 0 radical (unpaired) electrons. The third-order valence-electron chi connectivity index (χ3n) is 2.85. The summed E-state index contributed by atoms with van der Waals surface area (Å²) in [5, 5.41) is 9.69. The maximum Gasteiger partial charge on any atom is 0.257 e. The number of phenolic OH excluding ortho intramolecular Hbond substituents is 1. The number of hydrogen-bond acceptors (Lipinski definition) is 2. The van der Waals surface area contributed by atoms with E-state index < -0.39 is 0 Å². The van der Waals surface area contributed by atoms with Gasteiger partial charge in [-0.2, -0.15) is 0 Å². The summed E-state index contributed by atoms with van der Waals surface area (Å²) in [4.78, 5) is 13.8. The number of halogens is 1. The van der Waals surface area contributed by atoms with E-state index in [1.54, 1.807) is 30.1 Å². The molecule has 0 spiro atoms. The van der Waals surface area contributed by atoms with E-state index in [1.165, 1.54) is 6.07 Å². The second-order valence-electron chi connectivity index (χ2n) is 4.27. The summed E-state index contributed by atoms with van der Waals surface area (Å²) in [6, 6.07) is 14.3. The van der Waals surface area contributed by atoms with Gasteiger partial charge in [0, 0.05) is 18.1 Å². The molecular weight excluding hydrogens is 306 g/mol. The third kappa shape index (κ3) is 3.15. The van der Waals surface area contributed by atoms with E-state index in [2.05, 4.69) is 15.9 Å².